The van der Waals surface area contributed by atoms with Crippen molar-refractivity contribution >= 4 is 5.82 Å². The first-order valence-corrected chi connectivity index (χ1v) is 7.69. The predicted molar refractivity (Wildman–Crippen MR) is 86.6 cm³/mol. The smallest absolute Gasteiger partial charge is 0.130 e. The van der Waals surface area contributed by atoms with Crippen molar-refractivity contribution in [1.29, 1.82) is 0 Å². The zero-order valence-electron chi connectivity index (χ0n) is 13.7. The second kappa shape index (κ2) is 5.72. The molecule has 1 heterocycles. The number of aromatic nitrogens is 2. The highest BCUT2D eigenvalue weighted by Gasteiger charge is 2.25. The Labute approximate surface area is 130 Å². The summed E-state index contributed by atoms with van der Waals surface area (Å²) in [6.07, 6.45) is 1.76. The largest absolute Gasteiger partial charge is 0.363 e. The van der Waals surface area contributed by atoms with Crippen LogP contribution >= 0.6 is 0 Å². The van der Waals surface area contributed by atoms with Crippen molar-refractivity contribution in [2.45, 2.75) is 32.4 Å². The van der Waals surface area contributed by atoms with E-state index in [-0.39, 0.29) is 11.9 Å². The molecule has 0 unspecified atom stereocenters. The first kappa shape index (κ1) is 15.0. The van der Waals surface area contributed by atoms with Crippen LogP contribution in [0.25, 0.3) is 0 Å². The van der Waals surface area contributed by atoms with Gasteiger partial charge in [-0.15, -0.1) is 0 Å². The number of fused-ring (bicyclic) bond motifs is 1. The van der Waals surface area contributed by atoms with E-state index in [1.54, 1.807) is 12.1 Å². The van der Waals surface area contributed by atoms with Crippen molar-refractivity contribution in [1.82, 2.24) is 15.1 Å². The molecule has 0 radical (unpaired) electrons. The second-order valence-corrected chi connectivity index (χ2v) is 6.19. The van der Waals surface area contributed by atoms with Crippen LogP contribution < -0.4 is 10.2 Å². The molecule has 0 saturated carbocycles. The summed E-state index contributed by atoms with van der Waals surface area (Å²) in [4.78, 5) is 2.08. The zero-order chi connectivity index (χ0) is 15.9. The van der Waals surface area contributed by atoms with Crippen LogP contribution in [0.2, 0.25) is 0 Å². The van der Waals surface area contributed by atoms with Gasteiger partial charge in [-0.1, -0.05) is 12.1 Å². The number of benzene rings is 1. The van der Waals surface area contributed by atoms with Crippen molar-refractivity contribution in [3.8, 4) is 0 Å². The minimum atomic E-state index is -0.0756. The summed E-state index contributed by atoms with van der Waals surface area (Å²) in [6, 6.07) is 5.61. The molecule has 118 valence electrons. The highest BCUT2D eigenvalue weighted by molar-refractivity contribution is 5.49. The summed E-state index contributed by atoms with van der Waals surface area (Å²) in [5.41, 5.74) is 4.22. The summed E-state index contributed by atoms with van der Waals surface area (Å²) in [5, 5.41) is 8.09. The molecule has 0 saturated heterocycles. The van der Waals surface area contributed by atoms with E-state index in [1.165, 1.54) is 5.56 Å². The third-order valence-corrected chi connectivity index (χ3v) is 4.48. The van der Waals surface area contributed by atoms with Gasteiger partial charge in [0, 0.05) is 39.3 Å². The van der Waals surface area contributed by atoms with Crippen LogP contribution in [0.15, 0.2) is 18.2 Å². The maximum Gasteiger partial charge on any atom is 0.130 e. The minimum Gasteiger partial charge on any atom is -0.363 e. The van der Waals surface area contributed by atoms with Gasteiger partial charge in [0.05, 0.1) is 5.69 Å². The number of aryl methyl sites for hydroxylation is 2. The van der Waals surface area contributed by atoms with E-state index in [4.69, 9.17) is 0 Å². The van der Waals surface area contributed by atoms with Gasteiger partial charge < -0.3 is 10.2 Å². The molecule has 5 heteroatoms. The Morgan fingerprint density at radius 1 is 1.41 bits per heavy atom. The molecule has 2 aromatic rings. The van der Waals surface area contributed by atoms with Gasteiger partial charge >= 0.3 is 0 Å². The molecule has 4 nitrogen and oxygen atoms in total. The lowest BCUT2D eigenvalue weighted by Crippen LogP contribution is -2.21. The average Bonchev–Trinajstić information content (AvgIpc) is 2.98. The van der Waals surface area contributed by atoms with Crippen LogP contribution in [-0.4, -0.2) is 23.9 Å². The summed E-state index contributed by atoms with van der Waals surface area (Å²) in [6.45, 7) is 2.78. The summed E-state index contributed by atoms with van der Waals surface area (Å²) in [7, 11) is 6.02. The van der Waals surface area contributed by atoms with E-state index in [2.05, 4.69) is 15.3 Å². The van der Waals surface area contributed by atoms with Crippen LogP contribution in [0.5, 0.6) is 0 Å². The van der Waals surface area contributed by atoms with Crippen LogP contribution in [0.3, 0.4) is 0 Å². The SMILES string of the molecule is Cc1nn(C)c(N(C)C)c1CN[C@H]1CCc2c(F)cccc21. The Kier molecular flexibility index (Phi) is 3.91. The summed E-state index contributed by atoms with van der Waals surface area (Å²) < 4.78 is 15.7. The maximum atomic E-state index is 13.8. The van der Waals surface area contributed by atoms with Crippen molar-refractivity contribution in [2.24, 2.45) is 7.05 Å². The molecule has 0 spiro atoms. The van der Waals surface area contributed by atoms with E-state index in [9.17, 15) is 4.39 Å². The standard InChI is InChI=1S/C17H23FN4/c1-11-14(17(21(2)3)22(4)20-11)10-19-16-9-8-12-13(16)6-5-7-15(12)18/h5-7,16,19H,8-10H2,1-4H3/t16-/m0/s1. The van der Waals surface area contributed by atoms with Crippen LogP contribution in [-0.2, 0) is 20.0 Å². The quantitative estimate of drug-likeness (QED) is 0.942. The fraction of sp³-hybridized carbons (Fsp3) is 0.471. The Bertz CT molecular complexity index is 690. The molecule has 3 rings (SSSR count). The second-order valence-electron chi connectivity index (χ2n) is 6.19. The van der Waals surface area contributed by atoms with Gasteiger partial charge in [0.25, 0.3) is 0 Å². The fourth-order valence-corrected chi connectivity index (χ4v) is 3.50. The Morgan fingerprint density at radius 2 is 2.18 bits per heavy atom. The molecule has 1 aromatic heterocycles. The molecule has 0 aliphatic heterocycles. The third kappa shape index (κ3) is 2.50. The summed E-state index contributed by atoms with van der Waals surface area (Å²) in [5.74, 6) is 1.04. The lowest BCUT2D eigenvalue weighted by atomic mass is 10.1. The van der Waals surface area contributed by atoms with Gasteiger partial charge in [-0.05, 0) is 37.0 Å². The first-order chi connectivity index (χ1) is 10.5. The number of rotatable bonds is 4. The van der Waals surface area contributed by atoms with Gasteiger partial charge in [-0.25, -0.2) is 4.39 Å². The van der Waals surface area contributed by atoms with E-state index in [1.807, 2.05) is 38.8 Å². The number of nitrogens with one attached hydrogen (secondary N) is 1. The van der Waals surface area contributed by atoms with Gasteiger partial charge in [-0.2, -0.15) is 5.10 Å². The van der Waals surface area contributed by atoms with Gasteiger partial charge in [0.2, 0.25) is 0 Å². The van der Waals surface area contributed by atoms with Crippen molar-refractivity contribution in [3.63, 3.8) is 0 Å². The van der Waals surface area contributed by atoms with Gasteiger partial charge in [0.15, 0.2) is 0 Å². The number of hydrogen-bond donors (Lipinski definition) is 1. The maximum absolute atomic E-state index is 13.8. The molecular formula is C17H23FN4. The molecule has 1 aliphatic rings. The Balaban J connectivity index is 1.80. The molecule has 1 aromatic carbocycles. The fourth-order valence-electron chi connectivity index (χ4n) is 3.50. The molecule has 0 amide bonds. The van der Waals surface area contributed by atoms with Gasteiger partial charge in [0.1, 0.15) is 11.6 Å². The van der Waals surface area contributed by atoms with Crippen molar-refractivity contribution < 1.29 is 4.39 Å². The Morgan fingerprint density at radius 3 is 2.91 bits per heavy atom. The van der Waals surface area contributed by atoms with Crippen LogP contribution in [0.1, 0.15) is 34.8 Å². The first-order valence-electron chi connectivity index (χ1n) is 7.69. The van der Waals surface area contributed by atoms with Crippen molar-refractivity contribution in [3.05, 3.63) is 46.4 Å². The average molecular weight is 302 g/mol. The number of nitrogens with zero attached hydrogens (tertiary/aromatic N) is 3. The van der Waals surface area contributed by atoms with E-state index >= 15 is 0 Å². The van der Waals surface area contributed by atoms with E-state index in [0.29, 0.717) is 0 Å². The Hall–Kier alpha value is -1.88. The lowest BCUT2D eigenvalue weighted by Gasteiger charge is -2.18. The molecular weight excluding hydrogens is 279 g/mol. The molecule has 0 fully saturated rings. The zero-order valence-corrected chi connectivity index (χ0v) is 13.7. The van der Waals surface area contributed by atoms with Crippen molar-refractivity contribution in [2.75, 3.05) is 19.0 Å². The normalized spacial score (nSPS) is 16.9. The highest BCUT2D eigenvalue weighted by atomic mass is 19.1. The summed E-state index contributed by atoms with van der Waals surface area (Å²) >= 11 is 0. The third-order valence-electron chi connectivity index (χ3n) is 4.48. The predicted octanol–water partition coefficient (Wildman–Crippen LogP) is 2.71. The number of halogens is 1. The molecule has 1 N–H and O–H groups in total. The minimum absolute atomic E-state index is 0.0756. The molecule has 0 bridgehead atoms. The monoisotopic (exact) mass is 302 g/mol. The lowest BCUT2D eigenvalue weighted by molar-refractivity contribution is 0.529. The van der Waals surface area contributed by atoms with E-state index in [0.717, 1.165) is 42.0 Å². The molecule has 1 atom stereocenters. The van der Waals surface area contributed by atoms with Crippen LogP contribution in [0, 0.1) is 12.7 Å². The molecule has 22 heavy (non-hydrogen) atoms. The van der Waals surface area contributed by atoms with E-state index < -0.39 is 0 Å². The molecule has 1 aliphatic carbocycles. The number of anilines is 1. The topological polar surface area (TPSA) is 33.1 Å². The highest BCUT2D eigenvalue weighted by Crippen LogP contribution is 2.33. The van der Waals surface area contributed by atoms with Crippen LogP contribution in [0.4, 0.5) is 10.2 Å². The number of hydrogen-bond acceptors (Lipinski definition) is 3. The van der Waals surface area contributed by atoms with Gasteiger partial charge in [-0.3, -0.25) is 4.68 Å².